The van der Waals surface area contributed by atoms with Crippen molar-refractivity contribution in [1.29, 1.82) is 0 Å². The van der Waals surface area contributed by atoms with Gasteiger partial charge >= 0.3 is 5.97 Å². The predicted octanol–water partition coefficient (Wildman–Crippen LogP) is 7.12. The van der Waals surface area contributed by atoms with Gasteiger partial charge in [0.2, 0.25) is 0 Å². The highest BCUT2D eigenvalue weighted by Crippen LogP contribution is 2.42. The molecule has 2 unspecified atom stereocenters. The fraction of sp³-hybridized carbons (Fsp3) is 0.759. The first-order valence-corrected chi connectivity index (χ1v) is 13.1. The molecule has 2 rings (SSSR count). The minimum absolute atomic E-state index is 0.120. The van der Waals surface area contributed by atoms with Crippen molar-refractivity contribution >= 4 is 5.97 Å². The third-order valence-corrected chi connectivity index (χ3v) is 7.37. The Morgan fingerprint density at radius 2 is 1.64 bits per heavy atom. The van der Waals surface area contributed by atoms with E-state index in [2.05, 4.69) is 41.5 Å². The normalized spacial score (nSPS) is 19.8. The van der Waals surface area contributed by atoms with Gasteiger partial charge in [0.1, 0.15) is 17.1 Å². The Kier molecular flexibility index (Phi) is 10.3. The number of esters is 1. The Labute approximate surface area is 203 Å². The van der Waals surface area contributed by atoms with Crippen LogP contribution in [0, 0.1) is 31.6 Å². The molecule has 4 nitrogen and oxygen atoms in total. The van der Waals surface area contributed by atoms with Gasteiger partial charge in [-0.2, -0.15) is 0 Å². The number of benzene rings is 1. The summed E-state index contributed by atoms with van der Waals surface area (Å²) < 4.78 is 12.3. The molecule has 0 N–H and O–H groups in total. The van der Waals surface area contributed by atoms with Crippen molar-refractivity contribution in [2.24, 2.45) is 17.8 Å². The molecule has 3 atom stereocenters. The molecule has 1 aliphatic heterocycles. The number of carbonyl (C=O) groups is 1. The van der Waals surface area contributed by atoms with Crippen LogP contribution in [0.5, 0.6) is 11.5 Å². The van der Waals surface area contributed by atoms with E-state index in [1.807, 2.05) is 32.0 Å². The van der Waals surface area contributed by atoms with Crippen molar-refractivity contribution < 1.29 is 14.3 Å². The topological polar surface area (TPSA) is 38.8 Å². The van der Waals surface area contributed by atoms with Crippen molar-refractivity contribution in [3.05, 3.63) is 22.8 Å². The molecule has 0 spiro atoms. The average Bonchev–Trinajstić information content (AvgIpc) is 2.73. The van der Waals surface area contributed by atoms with Crippen molar-refractivity contribution in [3.63, 3.8) is 0 Å². The van der Waals surface area contributed by atoms with Gasteiger partial charge in [0.05, 0.1) is 6.54 Å². The Morgan fingerprint density at radius 1 is 1.03 bits per heavy atom. The van der Waals surface area contributed by atoms with Crippen LogP contribution >= 0.6 is 0 Å². The summed E-state index contributed by atoms with van der Waals surface area (Å²) in [6.45, 7) is 16.1. The Hall–Kier alpha value is -1.55. The van der Waals surface area contributed by atoms with E-state index < -0.39 is 0 Å². The molecular weight excluding hydrogens is 410 g/mol. The van der Waals surface area contributed by atoms with Crippen molar-refractivity contribution in [1.82, 2.24) is 4.90 Å². The lowest BCUT2D eigenvalue weighted by Gasteiger charge is -2.38. The highest BCUT2D eigenvalue weighted by Gasteiger charge is 2.33. The molecule has 1 heterocycles. The molecule has 0 aliphatic carbocycles. The maximum Gasteiger partial charge on any atom is 0.325 e. The summed E-state index contributed by atoms with van der Waals surface area (Å²) in [5, 5.41) is 0. The maximum atomic E-state index is 12.2. The van der Waals surface area contributed by atoms with E-state index in [4.69, 9.17) is 9.47 Å². The van der Waals surface area contributed by atoms with Crippen LogP contribution in [0.1, 0.15) is 96.3 Å². The average molecular weight is 460 g/mol. The van der Waals surface area contributed by atoms with E-state index in [1.54, 1.807) is 0 Å². The monoisotopic (exact) mass is 459 g/mol. The number of hydrogen-bond acceptors (Lipinski definition) is 4. The van der Waals surface area contributed by atoms with Gasteiger partial charge in [0.25, 0.3) is 0 Å². The molecule has 0 saturated carbocycles. The number of fused-ring (bicyclic) bond motifs is 1. The largest absolute Gasteiger partial charge is 0.487 e. The first-order valence-electron chi connectivity index (χ1n) is 13.1. The molecule has 1 aromatic rings. The first-order chi connectivity index (χ1) is 15.4. The molecular formula is C29H49NO3. The minimum atomic E-state index is -0.225. The van der Waals surface area contributed by atoms with Gasteiger partial charge in [0.15, 0.2) is 0 Å². The zero-order valence-electron chi connectivity index (χ0n) is 22.8. The lowest BCUT2D eigenvalue weighted by Crippen LogP contribution is -2.37. The van der Waals surface area contributed by atoms with Gasteiger partial charge in [-0.15, -0.1) is 0 Å². The second kappa shape index (κ2) is 12.2. The van der Waals surface area contributed by atoms with E-state index >= 15 is 0 Å². The van der Waals surface area contributed by atoms with Gasteiger partial charge in [0, 0.05) is 0 Å². The van der Waals surface area contributed by atoms with E-state index in [-0.39, 0.29) is 18.1 Å². The minimum Gasteiger partial charge on any atom is -0.487 e. The third kappa shape index (κ3) is 8.63. The number of nitrogens with zero attached hydrogens (tertiary/aromatic N) is 1. The predicted molar refractivity (Wildman–Crippen MR) is 138 cm³/mol. The van der Waals surface area contributed by atoms with Gasteiger partial charge in [-0.1, -0.05) is 53.4 Å². The number of carbonyl (C=O) groups excluding carboxylic acids is 1. The van der Waals surface area contributed by atoms with Gasteiger partial charge in [-0.05, 0) is 101 Å². The summed E-state index contributed by atoms with van der Waals surface area (Å²) >= 11 is 0. The number of hydrogen-bond donors (Lipinski definition) is 0. The van der Waals surface area contributed by atoms with Gasteiger partial charge in [-0.25, -0.2) is 0 Å². The highest BCUT2D eigenvalue weighted by molar-refractivity contribution is 5.75. The Balaban J connectivity index is 1.94. The molecule has 1 aromatic carbocycles. The zero-order chi connectivity index (χ0) is 24.8. The molecule has 0 bridgehead atoms. The van der Waals surface area contributed by atoms with Crippen LogP contribution in [-0.2, 0) is 11.2 Å². The third-order valence-electron chi connectivity index (χ3n) is 7.37. The van der Waals surface area contributed by atoms with Gasteiger partial charge < -0.3 is 9.47 Å². The lowest BCUT2D eigenvalue weighted by molar-refractivity contribution is -0.135. The molecule has 188 valence electrons. The molecule has 1 aliphatic rings. The zero-order valence-corrected chi connectivity index (χ0v) is 22.8. The standard InChI is InChI=1S/C29H49NO3/c1-20(2)10-11-21(3)12-13-22(4)14-16-29(7)17-15-25-18-26(32-27(31)19-30(8)9)23(5)24(6)28(25)33-29/h18,20-22H,10-17,19H2,1-9H3/t21?,22?,29-/m1/s1. The van der Waals surface area contributed by atoms with Crippen LogP contribution in [0.15, 0.2) is 6.07 Å². The lowest BCUT2D eigenvalue weighted by atomic mass is 9.83. The van der Waals surface area contributed by atoms with Crippen molar-refractivity contribution in [2.45, 2.75) is 105 Å². The highest BCUT2D eigenvalue weighted by atomic mass is 16.5. The van der Waals surface area contributed by atoms with E-state index in [0.717, 1.165) is 59.5 Å². The molecule has 0 aromatic heterocycles. The number of rotatable bonds is 12. The van der Waals surface area contributed by atoms with Crippen molar-refractivity contribution in [3.8, 4) is 11.5 Å². The van der Waals surface area contributed by atoms with Crippen LogP contribution in [0.3, 0.4) is 0 Å². The summed E-state index contributed by atoms with van der Waals surface area (Å²) in [5.74, 6) is 3.82. The number of likely N-dealkylation sites (N-methyl/N-ethyl adjacent to an activating group) is 1. The second-order valence-corrected chi connectivity index (χ2v) is 11.7. The van der Waals surface area contributed by atoms with Crippen LogP contribution in [0.25, 0.3) is 0 Å². The number of aryl methyl sites for hydroxylation is 1. The van der Waals surface area contributed by atoms with Crippen LogP contribution in [0.4, 0.5) is 0 Å². The second-order valence-electron chi connectivity index (χ2n) is 11.7. The van der Waals surface area contributed by atoms with E-state index in [0.29, 0.717) is 5.75 Å². The SMILES string of the molecule is Cc1c(OC(=O)CN(C)C)cc2c(c1C)O[C@](C)(CCC(C)CCC(C)CCC(C)C)CC2. The fourth-order valence-electron chi connectivity index (χ4n) is 4.67. The summed E-state index contributed by atoms with van der Waals surface area (Å²) in [6, 6.07) is 2.02. The van der Waals surface area contributed by atoms with E-state index in [9.17, 15) is 4.79 Å². The molecule has 4 heteroatoms. The molecule has 0 radical (unpaired) electrons. The van der Waals surface area contributed by atoms with Crippen LogP contribution in [0.2, 0.25) is 0 Å². The van der Waals surface area contributed by atoms with Crippen LogP contribution < -0.4 is 9.47 Å². The smallest absolute Gasteiger partial charge is 0.325 e. The molecule has 0 amide bonds. The molecule has 0 saturated heterocycles. The Bertz CT molecular complexity index is 786. The Morgan fingerprint density at radius 3 is 2.24 bits per heavy atom. The quantitative estimate of drug-likeness (QED) is 0.246. The fourth-order valence-corrected chi connectivity index (χ4v) is 4.67. The van der Waals surface area contributed by atoms with Crippen molar-refractivity contribution in [2.75, 3.05) is 20.6 Å². The summed E-state index contributed by atoms with van der Waals surface area (Å²) in [5.41, 5.74) is 3.13. The molecule has 33 heavy (non-hydrogen) atoms. The summed E-state index contributed by atoms with van der Waals surface area (Å²) in [6.07, 6.45) is 9.61. The van der Waals surface area contributed by atoms with Gasteiger partial charge in [-0.3, -0.25) is 9.69 Å². The summed E-state index contributed by atoms with van der Waals surface area (Å²) in [4.78, 5) is 14.0. The first kappa shape index (κ1) is 27.7. The summed E-state index contributed by atoms with van der Waals surface area (Å²) in [7, 11) is 3.74. The maximum absolute atomic E-state index is 12.2. The molecule has 0 fully saturated rings. The van der Waals surface area contributed by atoms with Crippen LogP contribution in [-0.4, -0.2) is 37.1 Å². The van der Waals surface area contributed by atoms with E-state index in [1.165, 1.54) is 32.1 Å². The number of ether oxygens (including phenoxy) is 2.